The van der Waals surface area contributed by atoms with Gasteiger partial charge in [-0.3, -0.25) is 0 Å². The molecule has 0 fully saturated rings. The molecule has 3 rings (SSSR count). The van der Waals surface area contributed by atoms with Crippen molar-refractivity contribution in [3.8, 4) is 0 Å². The Hall–Kier alpha value is -2.07. The van der Waals surface area contributed by atoms with E-state index in [1.54, 1.807) is 11.3 Å². The summed E-state index contributed by atoms with van der Waals surface area (Å²) in [5.41, 5.74) is 10.2. The number of fused-ring (bicyclic) bond motifs is 1. The van der Waals surface area contributed by atoms with Gasteiger partial charge in [-0.15, -0.1) is 11.3 Å². The van der Waals surface area contributed by atoms with Crippen molar-refractivity contribution in [2.75, 3.05) is 11.1 Å². The SMILES string of the molecule is CCC(Nc1cc2nc(C)sc2cc1N)c1ccccc1. The Morgan fingerprint density at radius 2 is 2.00 bits per heavy atom. The van der Waals surface area contributed by atoms with E-state index in [-0.39, 0.29) is 6.04 Å². The standard InChI is InChI=1S/C17H19N3S/c1-3-14(12-7-5-4-6-8-12)20-15-10-16-17(9-13(15)18)21-11(2)19-16/h4-10,14,20H,3,18H2,1-2H3. The Kier molecular flexibility index (Phi) is 3.80. The van der Waals surface area contributed by atoms with Crippen LogP contribution in [0.4, 0.5) is 11.4 Å². The van der Waals surface area contributed by atoms with E-state index in [0.717, 1.165) is 33.0 Å². The second kappa shape index (κ2) is 5.74. The van der Waals surface area contributed by atoms with Gasteiger partial charge in [0.25, 0.3) is 0 Å². The molecule has 2 aromatic carbocycles. The number of aryl methyl sites for hydroxylation is 1. The number of nitrogens with one attached hydrogen (secondary N) is 1. The molecular formula is C17H19N3S. The van der Waals surface area contributed by atoms with Gasteiger partial charge in [0.2, 0.25) is 0 Å². The average molecular weight is 297 g/mol. The fourth-order valence-electron chi connectivity index (χ4n) is 2.52. The van der Waals surface area contributed by atoms with E-state index >= 15 is 0 Å². The summed E-state index contributed by atoms with van der Waals surface area (Å²) in [6.45, 7) is 4.19. The lowest BCUT2D eigenvalue weighted by molar-refractivity contribution is 0.750. The highest BCUT2D eigenvalue weighted by Crippen LogP contribution is 2.32. The zero-order valence-corrected chi connectivity index (χ0v) is 13.1. The lowest BCUT2D eigenvalue weighted by Crippen LogP contribution is -2.10. The third-order valence-corrected chi connectivity index (χ3v) is 4.54. The van der Waals surface area contributed by atoms with Crippen LogP contribution in [-0.4, -0.2) is 4.98 Å². The minimum Gasteiger partial charge on any atom is -0.397 e. The van der Waals surface area contributed by atoms with E-state index in [2.05, 4.69) is 47.6 Å². The lowest BCUT2D eigenvalue weighted by Gasteiger charge is -2.20. The van der Waals surface area contributed by atoms with E-state index in [4.69, 9.17) is 5.73 Å². The van der Waals surface area contributed by atoms with Crippen LogP contribution in [0.5, 0.6) is 0 Å². The molecular weight excluding hydrogens is 278 g/mol. The maximum atomic E-state index is 6.19. The molecule has 108 valence electrons. The van der Waals surface area contributed by atoms with Crippen LogP contribution in [0, 0.1) is 6.92 Å². The number of nitrogens with two attached hydrogens (primary N) is 1. The Morgan fingerprint density at radius 3 is 2.71 bits per heavy atom. The Labute approximate surface area is 128 Å². The Balaban J connectivity index is 1.94. The number of anilines is 2. The maximum Gasteiger partial charge on any atom is 0.0907 e. The van der Waals surface area contributed by atoms with Gasteiger partial charge in [0.05, 0.1) is 32.6 Å². The number of aromatic nitrogens is 1. The predicted molar refractivity (Wildman–Crippen MR) is 91.9 cm³/mol. The Morgan fingerprint density at radius 1 is 1.24 bits per heavy atom. The van der Waals surface area contributed by atoms with Gasteiger partial charge in [0.15, 0.2) is 0 Å². The zero-order chi connectivity index (χ0) is 14.8. The molecule has 1 atom stereocenters. The zero-order valence-electron chi connectivity index (χ0n) is 12.3. The minimum atomic E-state index is 0.255. The molecule has 4 heteroatoms. The van der Waals surface area contributed by atoms with Gasteiger partial charge in [0, 0.05) is 0 Å². The number of thiazole rings is 1. The number of nitrogen functional groups attached to an aromatic ring is 1. The van der Waals surface area contributed by atoms with Crippen LogP contribution >= 0.6 is 11.3 Å². The van der Waals surface area contributed by atoms with E-state index in [1.165, 1.54) is 5.56 Å². The normalized spacial score (nSPS) is 12.5. The van der Waals surface area contributed by atoms with Crippen LogP contribution in [0.2, 0.25) is 0 Å². The molecule has 0 saturated heterocycles. The summed E-state index contributed by atoms with van der Waals surface area (Å²) in [5, 5.41) is 4.62. The van der Waals surface area contributed by atoms with Gasteiger partial charge in [-0.25, -0.2) is 4.98 Å². The molecule has 1 heterocycles. The molecule has 0 aliphatic carbocycles. The number of hydrogen-bond donors (Lipinski definition) is 2. The smallest absolute Gasteiger partial charge is 0.0907 e. The highest BCUT2D eigenvalue weighted by atomic mass is 32.1. The predicted octanol–water partition coefficient (Wildman–Crippen LogP) is 4.75. The summed E-state index contributed by atoms with van der Waals surface area (Å²) in [5.74, 6) is 0. The van der Waals surface area contributed by atoms with Crippen molar-refractivity contribution in [1.29, 1.82) is 0 Å². The second-order valence-corrected chi connectivity index (χ2v) is 6.39. The van der Waals surface area contributed by atoms with Gasteiger partial charge in [0.1, 0.15) is 0 Å². The van der Waals surface area contributed by atoms with Crippen LogP contribution in [0.1, 0.15) is 30.0 Å². The van der Waals surface area contributed by atoms with E-state index < -0.39 is 0 Å². The van der Waals surface area contributed by atoms with Gasteiger partial charge >= 0.3 is 0 Å². The van der Waals surface area contributed by atoms with Crippen molar-refractivity contribution in [1.82, 2.24) is 4.98 Å². The van der Waals surface area contributed by atoms with Crippen molar-refractivity contribution >= 4 is 32.9 Å². The van der Waals surface area contributed by atoms with Gasteiger partial charge < -0.3 is 11.1 Å². The Bertz CT molecular complexity index is 749. The van der Waals surface area contributed by atoms with Crippen LogP contribution in [0.25, 0.3) is 10.2 Å². The first-order valence-corrected chi connectivity index (χ1v) is 7.97. The molecule has 1 aromatic heterocycles. The van der Waals surface area contributed by atoms with Crippen LogP contribution in [0.3, 0.4) is 0 Å². The van der Waals surface area contributed by atoms with Gasteiger partial charge in [-0.05, 0) is 31.0 Å². The maximum absolute atomic E-state index is 6.19. The molecule has 3 aromatic rings. The molecule has 0 bridgehead atoms. The van der Waals surface area contributed by atoms with Gasteiger partial charge in [-0.1, -0.05) is 37.3 Å². The number of rotatable bonds is 4. The fourth-order valence-corrected chi connectivity index (χ4v) is 3.38. The molecule has 0 saturated carbocycles. The summed E-state index contributed by atoms with van der Waals surface area (Å²) in [6, 6.07) is 14.8. The molecule has 0 aliphatic rings. The van der Waals surface area contributed by atoms with Crippen molar-refractivity contribution in [3.63, 3.8) is 0 Å². The summed E-state index contributed by atoms with van der Waals surface area (Å²) < 4.78 is 1.14. The number of nitrogens with zero attached hydrogens (tertiary/aromatic N) is 1. The monoisotopic (exact) mass is 297 g/mol. The summed E-state index contributed by atoms with van der Waals surface area (Å²) in [7, 11) is 0. The van der Waals surface area contributed by atoms with Crippen molar-refractivity contribution in [3.05, 3.63) is 53.0 Å². The quantitative estimate of drug-likeness (QED) is 0.683. The fraction of sp³-hybridized carbons (Fsp3) is 0.235. The number of hydrogen-bond acceptors (Lipinski definition) is 4. The van der Waals surface area contributed by atoms with Gasteiger partial charge in [-0.2, -0.15) is 0 Å². The van der Waals surface area contributed by atoms with Crippen LogP contribution < -0.4 is 11.1 Å². The lowest BCUT2D eigenvalue weighted by atomic mass is 10.0. The largest absolute Gasteiger partial charge is 0.397 e. The highest BCUT2D eigenvalue weighted by molar-refractivity contribution is 7.18. The second-order valence-electron chi connectivity index (χ2n) is 5.16. The molecule has 1 unspecified atom stereocenters. The molecule has 0 aliphatic heterocycles. The minimum absolute atomic E-state index is 0.255. The van der Waals surface area contributed by atoms with Crippen molar-refractivity contribution in [2.45, 2.75) is 26.3 Å². The molecule has 3 N–H and O–H groups in total. The molecule has 21 heavy (non-hydrogen) atoms. The topological polar surface area (TPSA) is 50.9 Å². The summed E-state index contributed by atoms with van der Waals surface area (Å²) in [6.07, 6.45) is 0.998. The van der Waals surface area contributed by atoms with E-state index in [9.17, 15) is 0 Å². The van der Waals surface area contributed by atoms with E-state index in [1.807, 2.05) is 19.1 Å². The third-order valence-electron chi connectivity index (χ3n) is 3.61. The van der Waals surface area contributed by atoms with Crippen LogP contribution in [-0.2, 0) is 0 Å². The first-order valence-electron chi connectivity index (χ1n) is 7.15. The van der Waals surface area contributed by atoms with Crippen molar-refractivity contribution < 1.29 is 0 Å². The first kappa shape index (κ1) is 13.9. The highest BCUT2D eigenvalue weighted by Gasteiger charge is 2.12. The molecule has 0 radical (unpaired) electrons. The van der Waals surface area contributed by atoms with Crippen LogP contribution in [0.15, 0.2) is 42.5 Å². The summed E-state index contributed by atoms with van der Waals surface area (Å²) >= 11 is 1.68. The average Bonchev–Trinajstić information content (AvgIpc) is 2.84. The third kappa shape index (κ3) is 2.85. The molecule has 0 amide bonds. The first-order chi connectivity index (χ1) is 10.2. The van der Waals surface area contributed by atoms with Crippen molar-refractivity contribution in [2.24, 2.45) is 0 Å². The number of benzene rings is 2. The molecule has 0 spiro atoms. The summed E-state index contributed by atoms with van der Waals surface area (Å²) in [4.78, 5) is 4.54. The molecule has 3 nitrogen and oxygen atoms in total. The van der Waals surface area contributed by atoms with E-state index in [0.29, 0.717) is 0 Å².